The van der Waals surface area contributed by atoms with Crippen molar-refractivity contribution >= 4 is 75.8 Å². The molecule has 0 aliphatic rings. The Labute approximate surface area is 259 Å². The summed E-state index contributed by atoms with van der Waals surface area (Å²) >= 11 is 0. The lowest BCUT2D eigenvalue weighted by Gasteiger charge is -2.20. The van der Waals surface area contributed by atoms with E-state index in [1.807, 2.05) is 6.07 Å². The maximum atomic E-state index is 6.23. The molecule has 10 aromatic rings. The summed E-state index contributed by atoms with van der Waals surface area (Å²) in [7, 11) is 0. The molecule has 0 spiro atoms. The van der Waals surface area contributed by atoms with Gasteiger partial charge >= 0.3 is 0 Å². The second-order valence-electron chi connectivity index (χ2n) is 12.0. The summed E-state index contributed by atoms with van der Waals surface area (Å²) in [5.74, 6) is 0. The van der Waals surface area contributed by atoms with Gasteiger partial charge in [-0.25, -0.2) is 0 Å². The maximum Gasteiger partial charge on any atom is 0.135 e. The van der Waals surface area contributed by atoms with Crippen molar-refractivity contribution in [1.29, 1.82) is 0 Å². The predicted octanol–water partition coefficient (Wildman–Crippen LogP) is 12.7. The molecule has 1 heteroatoms. The predicted molar refractivity (Wildman–Crippen MR) is 192 cm³/mol. The van der Waals surface area contributed by atoms with E-state index in [1.54, 1.807) is 0 Å². The molecule has 0 aliphatic heterocycles. The third kappa shape index (κ3) is 3.56. The molecule has 9 aromatic carbocycles. The third-order valence-corrected chi connectivity index (χ3v) is 9.61. The zero-order chi connectivity index (χ0) is 29.5. The van der Waals surface area contributed by atoms with Gasteiger partial charge in [-0.1, -0.05) is 133 Å². The number of hydrogen-bond donors (Lipinski definition) is 0. The van der Waals surface area contributed by atoms with Gasteiger partial charge in [-0.3, -0.25) is 0 Å². The number of benzene rings is 9. The molecule has 1 aromatic heterocycles. The van der Waals surface area contributed by atoms with Crippen LogP contribution in [-0.4, -0.2) is 0 Å². The van der Waals surface area contributed by atoms with Gasteiger partial charge < -0.3 is 4.42 Å². The lowest BCUT2D eigenvalue weighted by molar-refractivity contribution is 0.669. The lowest BCUT2D eigenvalue weighted by atomic mass is 9.83. The molecule has 208 valence electrons. The summed E-state index contributed by atoms with van der Waals surface area (Å²) in [6.45, 7) is 0. The average Bonchev–Trinajstić information content (AvgIpc) is 3.48. The second-order valence-corrected chi connectivity index (χ2v) is 12.0. The quantitative estimate of drug-likeness (QED) is 0.149. The van der Waals surface area contributed by atoms with Crippen molar-refractivity contribution in [2.24, 2.45) is 0 Å². The van der Waals surface area contributed by atoms with Gasteiger partial charge in [0, 0.05) is 10.8 Å². The first-order chi connectivity index (χ1) is 22.3. The summed E-state index contributed by atoms with van der Waals surface area (Å²) in [5.41, 5.74) is 6.81. The van der Waals surface area contributed by atoms with Gasteiger partial charge in [-0.05, 0) is 100 Å². The van der Waals surface area contributed by atoms with Gasteiger partial charge in [0.05, 0.1) is 0 Å². The van der Waals surface area contributed by atoms with E-state index in [0.29, 0.717) is 0 Å². The molecule has 0 saturated carbocycles. The molecule has 0 atom stereocenters. The SMILES string of the molecule is c1ccc2c(c1)ccc1cc(-c3c4ccccc4c(-c4ccc5oc6ccccc6c5c4)c4c3ccc3ccccc34)ccc12. The van der Waals surface area contributed by atoms with Crippen molar-refractivity contribution < 1.29 is 4.42 Å². The van der Waals surface area contributed by atoms with E-state index in [-0.39, 0.29) is 0 Å². The lowest BCUT2D eigenvalue weighted by Crippen LogP contribution is -1.92. The van der Waals surface area contributed by atoms with Crippen LogP contribution in [0.1, 0.15) is 0 Å². The van der Waals surface area contributed by atoms with Crippen LogP contribution >= 0.6 is 0 Å². The van der Waals surface area contributed by atoms with Crippen molar-refractivity contribution in [3.8, 4) is 22.3 Å². The summed E-state index contributed by atoms with van der Waals surface area (Å²) in [5, 5.41) is 15.0. The minimum atomic E-state index is 0.915. The fourth-order valence-corrected chi connectivity index (χ4v) is 7.61. The van der Waals surface area contributed by atoms with Gasteiger partial charge in [0.25, 0.3) is 0 Å². The molecular weight excluding hydrogens is 544 g/mol. The van der Waals surface area contributed by atoms with E-state index in [0.717, 1.165) is 21.9 Å². The third-order valence-electron chi connectivity index (χ3n) is 9.61. The van der Waals surface area contributed by atoms with E-state index >= 15 is 0 Å². The molecule has 0 saturated heterocycles. The molecule has 0 N–H and O–H groups in total. The molecule has 0 unspecified atom stereocenters. The fourth-order valence-electron chi connectivity index (χ4n) is 7.61. The Bertz CT molecular complexity index is 2820. The molecule has 1 heterocycles. The van der Waals surface area contributed by atoms with E-state index in [2.05, 4.69) is 152 Å². The van der Waals surface area contributed by atoms with Crippen LogP contribution in [0.5, 0.6) is 0 Å². The molecule has 0 amide bonds. The summed E-state index contributed by atoms with van der Waals surface area (Å²) < 4.78 is 6.23. The summed E-state index contributed by atoms with van der Waals surface area (Å²) in [4.78, 5) is 0. The van der Waals surface area contributed by atoms with E-state index in [4.69, 9.17) is 4.42 Å². The van der Waals surface area contributed by atoms with Crippen LogP contribution in [0.2, 0.25) is 0 Å². The zero-order valence-electron chi connectivity index (χ0n) is 24.4. The van der Waals surface area contributed by atoms with Crippen LogP contribution in [0.3, 0.4) is 0 Å². The van der Waals surface area contributed by atoms with Crippen LogP contribution < -0.4 is 0 Å². The van der Waals surface area contributed by atoms with Crippen molar-refractivity contribution in [3.05, 3.63) is 158 Å². The molecule has 10 rings (SSSR count). The normalized spacial score (nSPS) is 12.0. The molecule has 45 heavy (non-hydrogen) atoms. The monoisotopic (exact) mass is 570 g/mol. The number of hydrogen-bond acceptors (Lipinski definition) is 1. The van der Waals surface area contributed by atoms with Crippen molar-refractivity contribution in [3.63, 3.8) is 0 Å². The van der Waals surface area contributed by atoms with Crippen LogP contribution in [0.25, 0.3) is 98.1 Å². The van der Waals surface area contributed by atoms with Gasteiger partial charge in [0.15, 0.2) is 0 Å². The number of furan rings is 1. The Morgan fingerprint density at radius 2 is 0.822 bits per heavy atom. The van der Waals surface area contributed by atoms with Crippen LogP contribution in [0, 0.1) is 0 Å². The Balaban J connectivity index is 1.35. The molecule has 0 fully saturated rings. The molecule has 0 aliphatic carbocycles. The minimum absolute atomic E-state index is 0.915. The van der Waals surface area contributed by atoms with E-state index < -0.39 is 0 Å². The fraction of sp³-hybridized carbons (Fsp3) is 0. The molecular formula is C44H26O. The first kappa shape index (κ1) is 24.5. The zero-order valence-corrected chi connectivity index (χ0v) is 24.4. The first-order valence-corrected chi connectivity index (χ1v) is 15.5. The van der Waals surface area contributed by atoms with Gasteiger partial charge in [-0.15, -0.1) is 0 Å². The van der Waals surface area contributed by atoms with Crippen LogP contribution in [0.4, 0.5) is 0 Å². The molecule has 1 nitrogen and oxygen atoms in total. The highest BCUT2D eigenvalue weighted by Crippen LogP contribution is 2.47. The molecule has 0 radical (unpaired) electrons. The maximum absolute atomic E-state index is 6.23. The highest BCUT2D eigenvalue weighted by molar-refractivity contribution is 6.28. The van der Waals surface area contributed by atoms with Gasteiger partial charge in [-0.2, -0.15) is 0 Å². The van der Waals surface area contributed by atoms with Crippen LogP contribution in [-0.2, 0) is 0 Å². The Morgan fingerprint density at radius 1 is 0.289 bits per heavy atom. The Kier molecular flexibility index (Phi) is 5.06. The Hall–Kier alpha value is -5.92. The average molecular weight is 571 g/mol. The second kappa shape index (κ2) is 9.29. The highest BCUT2D eigenvalue weighted by atomic mass is 16.3. The van der Waals surface area contributed by atoms with E-state index in [1.165, 1.54) is 76.1 Å². The van der Waals surface area contributed by atoms with Gasteiger partial charge in [0.2, 0.25) is 0 Å². The molecule has 0 bridgehead atoms. The minimum Gasteiger partial charge on any atom is -0.456 e. The van der Waals surface area contributed by atoms with E-state index in [9.17, 15) is 0 Å². The summed E-state index contributed by atoms with van der Waals surface area (Å²) in [6.07, 6.45) is 0. The Morgan fingerprint density at radius 3 is 1.67 bits per heavy atom. The van der Waals surface area contributed by atoms with Crippen LogP contribution in [0.15, 0.2) is 162 Å². The highest BCUT2D eigenvalue weighted by Gasteiger charge is 2.20. The number of rotatable bonds is 2. The van der Waals surface area contributed by atoms with Crippen molar-refractivity contribution in [2.45, 2.75) is 0 Å². The number of fused-ring (bicyclic) bond motifs is 10. The first-order valence-electron chi connectivity index (χ1n) is 15.5. The van der Waals surface area contributed by atoms with Crippen molar-refractivity contribution in [2.75, 3.05) is 0 Å². The number of para-hydroxylation sites is 1. The van der Waals surface area contributed by atoms with Gasteiger partial charge in [0.1, 0.15) is 11.2 Å². The topological polar surface area (TPSA) is 13.1 Å². The standard InChI is InChI=1S/C44H26O/c1-3-11-32-27(9-1)17-18-29-25-30(20-22-33(29)32)42-36-14-5-6-15-37(36)43(44-34-12-4-2-10-28(34)19-23-38(42)44)31-21-24-41-39(26-31)35-13-7-8-16-40(35)45-41/h1-26H. The summed E-state index contributed by atoms with van der Waals surface area (Å²) in [6, 6.07) is 57.5. The smallest absolute Gasteiger partial charge is 0.135 e. The largest absolute Gasteiger partial charge is 0.456 e. The van der Waals surface area contributed by atoms with Crippen molar-refractivity contribution in [1.82, 2.24) is 0 Å².